The molecule has 3 nitrogen and oxygen atoms in total. The van der Waals surface area contributed by atoms with Gasteiger partial charge in [0.05, 0.1) is 0 Å². The van der Waals surface area contributed by atoms with Crippen molar-refractivity contribution in [3.8, 4) is 0 Å². The Kier molecular flexibility index (Phi) is 2.98. The Morgan fingerprint density at radius 1 is 1.50 bits per heavy atom. The predicted octanol–water partition coefficient (Wildman–Crippen LogP) is 2.67. The summed E-state index contributed by atoms with van der Waals surface area (Å²) in [6.07, 6.45) is 4.41. The third-order valence-electron chi connectivity index (χ3n) is 4.17. The molecule has 1 atom stereocenters. The van der Waals surface area contributed by atoms with Crippen LogP contribution in [-0.2, 0) is 6.42 Å². The molecule has 1 N–H and O–H groups in total. The fourth-order valence-corrected chi connectivity index (χ4v) is 3.13. The van der Waals surface area contributed by atoms with Gasteiger partial charge >= 0.3 is 0 Å². The molecule has 2 aliphatic heterocycles. The fourth-order valence-electron chi connectivity index (χ4n) is 3.13. The van der Waals surface area contributed by atoms with Crippen molar-refractivity contribution < 1.29 is 4.79 Å². The monoisotopic (exact) mass is 244 g/mol. The lowest BCUT2D eigenvalue weighted by Crippen LogP contribution is -2.35. The number of amides is 1. The van der Waals surface area contributed by atoms with Gasteiger partial charge in [-0.3, -0.25) is 4.79 Å². The molecular weight excluding hydrogens is 224 g/mol. The van der Waals surface area contributed by atoms with E-state index in [9.17, 15) is 4.79 Å². The third kappa shape index (κ3) is 1.88. The SMILES string of the molecule is CC[C@H]1CCCN1C(=O)c1ccc2c(c1)CCN2. The van der Waals surface area contributed by atoms with Gasteiger partial charge < -0.3 is 10.2 Å². The van der Waals surface area contributed by atoms with Crippen molar-refractivity contribution in [2.75, 3.05) is 18.4 Å². The lowest BCUT2D eigenvalue weighted by molar-refractivity contribution is 0.0733. The Morgan fingerprint density at radius 2 is 2.39 bits per heavy atom. The van der Waals surface area contributed by atoms with E-state index in [-0.39, 0.29) is 5.91 Å². The largest absolute Gasteiger partial charge is 0.384 e. The highest BCUT2D eigenvalue weighted by Crippen LogP contribution is 2.26. The van der Waals surface area contributed by atoms with E-state index in [1.807, 2.05) is 12.1 Å². The number of carbonyl (C=O) groups is 1. The standard InChI is InChI=1S/C15H20N2O/c1-2-13-4-3-9-17(13)15(18)12-5-6-14-11(10-12)7-8-16-14/h5-6,10,13,16H,2-4,7-9H2,1H3/t13-/m0/s1. The second-order valence-electron chi connectivity index (χ2n) is 5.25. The molecule has 2 aliphatic rings. The second-order valence-corrected chi connectivity index (χ2v) is 5.25. The molecule has 18 heavy (non-hydrogen) atoms. The highest BCUT2D eigenvalue weighted by molar-refractivity contribution is 5.95. The second kappa shape index (κ2) is 4.63. The highest BCUT2D eigenvalue weighted by atomic mass is 16.2. The van der Waals surface area contributed by atoms with Crippen molar-refractivity contribution in [2.24, 2.45) is 0 Å². The Hall–Kier alpha value is -1.51. The van der Waals surface area contributed by atoms with E-state index >= 15 is 0 Å². The van der Waals surface area contributed by atoms with Crippen LogP contribution in [-0.4, -0.2) is 29.9 Å². The lowest BCUT2D eigenvalue weighted by atomic mass is 10.1. The van der Waals surface area contributed by atoms with E-state index in [1.165, 1.54) is 11.3 Å². The van der Waals surface area contributed by atoms with Crippen molar-refractivity contribution in [1.82, 2.24) is 4.90 Å². The maximum Gasteiger partial charge on any atom is 0.254 e. The van der Waals surface area contributed by atoms with Gasteiger partial charge in [-0.1, -0.05) is 6.92 Å². The average Bonchev–Trinajstić information content (AvgIpc) is 3.05. The topological polar surface area (TPSA) is 32.3 Å². The maximum absolute atomic E-state index is 12.5. The summed E-state index contributed by atoms with van der Waals surface area (Å²) in [7, 11) is 0. The molecule has 96 valence electrons. The molecule has 0 unspecified atom stereocenters. The molecule has 0 spiro atoms. The number of benzene rings is 1. The summed E-state index contributed by atoms with van der Waals surface area (Å²) in [5.74, 6) is 0.217. The minimum atomic E-state index is 0.217. The Labute approximate surface area is 108 Å². The summed E-state index contributed by atoms with van der Waals surface area (Å²) in [6.45, 7) is 4.09. The summed E-state index contributed by atoms with van der Waals surface area (Å²) >= 11 is 0. The zero-order valence-electron chi connectivity index (χ0n) is 10.9. The molecular formula is C15H20N2O. The van der Waals surface area contributed by atoms with E-state index in [2.05, 4.69) is 23.2 Å². The predicted molar refractivity (Wildman–Crippen MR) is 73.0 cm³/mol. The molecule has 0 aliphatic carbocycles. The number of hydrogen-bond donors (Lipinski definition) is 1. The van der Waals surface area contributed by atoms with Crippen molar-refractivity contribution in [1.29, 1.82) is 0 Å². The van der Waals surface area contributed by atoms with Gasteiger partial charge in [0.25, 0.3) is 5.91 Å². The molecule has 1 amide bonds. The number of nitrogens with one attached hydrogen (secondary N) is 1. The first-order valence-corrected chi connectivity index (χ1v) is 6.97. The van der Waals surface area contributed by atoms with Gasteiger partial charge in [0.15, 0.2) is 0 Å². The van der Waals surface area contributed by atoms with Gasteiger partial charge in [0.2, 0.25) is 0 Å². The van der Waals surface area contributed by atoms with Gasteiger partial charge in [-0.2, -0.15) is 0 Å². The molecule has 1 saturated heterocycles. The van der Waals surface area contributed by atoms with E-state index in [0.717, 1.165) is 44.3 Å². The number of rotatable bonds is 2. The number of likely N-dealkylation sites (tertiary alicyclic amines) is 1. The van der Waals surface area contributed by atoms with Crippen LogP contribution < -0.4 is 5.32 Å². The number of hydrogen-bond acceptors (Lipinski definition) is 2. The van der Waals surface area contributed by atoms with Crippen LogP contribution in [0.4, 0.5) is 5.69 Å². The normalized spacial score (nSPS) is 21.8. The number of anilines is 1. The third-order valence-corrected chi connectivity index (χ3v) is 4.17. The molecule has 0 aromatic heterocycles. The number of carbonyl (C=O) groups excluding carboxylic acids is 1. The average molecular weight is 244 g/mol. The summed E-state index contributed by atoms with van der Waals surface area (Å²) in [5.41, 5.74) is 3.34. The van der Waals surface area contributed by atoms with Crippen LogP contribution in [0.5, 0.6) is 0 Å². The summed E-state index contributed by atoms with van der Waals surface area (Å²) in [6, 6.07) is 6.53. The number of nitrogens with zero attached hydrogens (tertiary/aromatic N) is 1. The smallest absolute Gasteiger partial charge is 0.254 e. The van der Waals surface area contributed by atoms with Crippen molar-refractivity contribution >= 4 is 11.6 Å². The molecule has 0 bridgehead atoms. The van der Waals surface area contributed by atoms with Crippen LogP contribution in [0.2, 0.25) is 0 Å². The number of fused-ring (bicyclic) bond motifs is 1. The molecule has 1 aromatic rings. The molecule has 0 radical (unpaired) electrons. The maximum atomic E-state index is 12.5. The van der Waals surface area contributed by atoms with E-state index < -0.39 is 0 Å². The first kappa shape index (κ1) is 11.6. The van der Waals surface area contributed by atoms with Crippen LogP contribution in [0.15, 0.2) is 18.2 Å². The lowest BCUT2D eigenvalue weighted by Gasteiger charge is -2.23. The summed E-state index contributed by atoms with van der Waals surface area (Å²) in [5, 5.41) is 3.33. The minimum Gasteiger partial charge on any atom is -0.384 e. The molecule has 2 heterocycles. The minimum absolute atomic E-state index is 0.217. The molecule has 1 fully saturated rings. The van der Waals surface area contributed by atoms with E-state index in [1.54, 1.807) is 0 Å². The highest BCUT2D eigenvalue weighted by Gasteiger charge is 2.28. The van der Waals surface area contributed by atoms with E-state index in [4.69, 9.17) is 0 Å². The van der Waals surface area contributed by atoms with Crippen LogP contribution in [0, 0.1) is 0 Å². The van der Waals surface area contributed by atoms with Crippen molar-refractivity contribution in [3.05, 3.63) is 29.3 Å². The van der Waals surface area contributed by atoms with E-state index in [0.29, 0.717) is 6.04 Å². The quantitative estimate of drug-likeness (QED) is 0.867. The van der Waals surface area contributed by atoms with Crippen molar-refractivity contribution in [2.45, 2.75) is 38.6 Å². The summed E-state index contributed by atoms with van der Waals surface area (Å²) in [4.78, 5) is 14.6. The van der Waals surface area contributed by atoms with Gasteiger partial charge in [0, 0.05) is 30.4 Å². The van der Waals surface area contributed by atoms with Gasteiger partial charge in [0.1, 0.15) is 0 Å². The van der Waals surface area contributed by atoms with Gasteiger partial charge in [-0.25, -0.2) is 0 Å². The first-order valence-electron chi connectivity index (χ1n) is 6.97. The zero-order valence-corrected chi connectivity index (χ0v) is 10.9. The first-order chi connectivity index (χ1) is 8.79. The Balaban J connectivity index is 1.84. The molecule has 0 saturated carbocycles. The molecule has 3 rings (SSSR count). The molecule has 3 heteroatoms. The summed E-state index contributed by atoms with van der Waals surface area (Å²) < 4.78 is 0. The van der Waals surface area contributed by atoms with Gasteiger partial charge in [-0.05, 0) is 49.4 Å². The van der Waals surface area contributed by atoms with Crippen LogP contribution >= 0.6 is 0 Å². The van der Waals surface area contributed by atoms with Crippen molar-refractivity contribution in [3.63, 3.8) is 0 Å². The van der Waals surface area contributed by atoms with Crippen LogP contribution in [0.3, 0.4) is 0 Å². The Bertz CT molecular complexity index is 470. The zero-order chi connectivity index (χ0) is 12.5. The molecule has 1 aromatic carbocycles. The Morgan fingerprint density at radius 3 is 3.22 bits per heavy atom. The van der Waals surface area contributed by atoms with Crippen LogP contribution in [0.1, 0.15) is 42.1 Å². The van der Waals surface area contributed by atoms with Crippen LogP contribution in [0.25, 0.3) is 0 Å². The van der Waals surface area contributed by atoms with Gasteiger partial charge in [-0.15, -0.1) is 0 Å². The fraction of sp³-hybridized carbons (Fsp3) is 0.533.